The van der Waals surface area contributed by atoms with Gasteiger partial charge in [-0.25, -0.2) is 0 Å². The molecule has 0 aliphatic carbocycles. The standard InChI is InChI=1S/C10H11Cl9O2/c11-7(12,3-5-21-6-2-1-4-20-6)8(13,14)9(15,16)10(17,18)19/h6H,1-5H2. The summed E-state index contributed by atoms with van der Waals surface area (Å²) in [6, 6.07) is 0. The maximum absolute atomic E-state index is 6.14. The Bertz CT molecular complexity index is 347. The molecular formula is C10H11Cl9O2. The minimum Gasteiger partial charge on any atom is -0.353 e. The molecule has 1 aliphatic heterocycles. The van der Waals surface area contributed by atoms with Gasteiger partial charge in [-0.15, -0.1) is 0 Å². The van der Waals surface area contributed by atoms with Crippen molar-refractivity contribution in [3.63, 3.8) is 0 Å². The van der Waals surface area contributed by atoms with E-state index in [9.17, 15) is 0 Å². The van der Waals surface area contributed by atoms with Crippen molar-refractivity contribution < 1.29 is 9.47 Å². The molecule has 1 saturated heterocycles. The lowest BCUT2D eigenvalue weighted by atomic mass is 10.1. The van der Waals surface area contributed by atoms with Crippen LogP contribution in [0.1, 0.15) is 19.3 Å². The zero-order valence-corrected chi connectivity index (χ0v) is 17.1. The van der Waals surface area contributed by atoms with Gasteiger partial charge in [-0.1, -0.05) is 104 Å². The molecule has 0 N–H and O–H groups in total. The van der Waals surface area contributed by atoms with Gasteiger partial charge in [-0.2, -0.15) is 0 Å². The second kappa shape index (κ2) is 7.83. The lowest BCUT2D eigenvalue weighted by molar-refractivity contribution is -0.112. The first-order valence-corrected chi connectivity index (χ1v) is 9.16. The molecule has 0 radical (unpaired) electrons. The summed E-state index contributed by atoms with van der Waals surface area (Å²) in [5, 5.41) is 0. The summed E-state index contributed by atoms with van der Waals surface area (Å²) < 4.78 is 2.23. The molecule has 0 bridgehead atoms. The first-order valence-electron chi connectivity index (χ1n) is 5.76. The summed E-state index contributed by atoms with van der Waals surface area (Å²) in [5.41, 5.74) is 0. The van der Waals surface area contributed by atoms with Gasteiger partial charge >= 0.3 is 0 Å². The fourth-order valence-corrected chi connectivity index (χ4v) is 3.70. The molecule has 0 spiro atoms. The summed E-state index contributed by atoms with van der Waals surface area (Å²) in [5.74, 6) is 0. The second-order valence-corrected chi connectivity index (χ2v) is 10.8. The van der Waals surface area contributed by atoms with Crippen molar-refractivity contribution in [3.05, 3.63) is 0 Å². The molecule has 0 aromatic heterocycles. The molecule has 1 fully saturated rings. The fraction of sp³-hybridized carbons (Fsp3) is 1.00. The third-order valence-electron chi connectivity index (χ3n) is 2.82. The van der Waals surface area contributed by atoms with Gasteiger partial charge in [0.2, 0.25) is 3.79 Å². The Morgan fingerprint density at radius 2 is 1.48 bits per heavy atom. The number of hydrogen-bond acceptors (Lipinski definition) is 2. The molecule has 21 heavy (non-hydrogen) atoms. The highest BCUT2D eigenvalue weighted by Crippen LogP contribution is 2.63. The van der Waals surface area contributed by atoms with Crippen LogP contribution in [0, 0.1) is 0 Å². The summed E-state index contributed by atoms with van der Waals surface area (Å²) >= 11 is 53.5. The zero-order chi connectivity index (χ0) is 16.5. The van der Waals surface area contributed by atoms with Crippen molar-refractivity contribution in [2.45, 2.75) is 42.3 Å². The van der Waals surface area contributed by atoms with E-state index < -0.39 is 16.8 Å². The van der Waals surface area contributed by atoms with Crippen LogP contribution in [-0.4, -0.2) is 36.3 Å². The lowest BCUT2D eigenvalue weighted by Gasteiger charge is -2.43. The first-order chi connectivity index (χ1) is 9.33. The highest BCUT2D eigenvalue weighted by molar-refractivity contribution is 6.80. The van der Waals surface area contributed by atoms with Crippen molar-refractivity contribution in [1.29, 1.82) is 0 Å². The van der Waals surface area contributed by atoms with Gasteiger partial charge in [-0.3, -0.25) is 0 Å². The molecule has 126 valence electrons. The Hall–Kier alpha value is 2.53. The molecule has 0 amide bonds. The van der Waals surface area contributed by atoms with Crippen molar-refractivity contribution in [3.8, 4) is 0 Å². The van der Waals surface area contributed by atoms with Crippen molar-refractivity contribution >= 4 is 104 Å². The maximum Gasteiger partial charge on any atom is 0.226 e. The molecule has 1 unspecified atom stereocenters. The third kappa shape index (κ3) is 5.01. The van der Waals surface area contributed by atoms with Crippen LogP contribution in [0.25, 0.3) is 0 Å². The zero-order valence-electron chi connectivity index (χ0n) is 10.3. The normalized spacial score (nSPS) is 21.9. The SMILES string of the molecule is ClC(Cl)(Cl)C(Cl)(Cl)C(Cl)(Cl)C(Cl)(Cl)CCOC1CCCO1. The molecule has 0 aromatic carbocycles. The van der Waals surface area contributed by atoms with Crippen LogP contribution < -0.4 is 0 Å². The molecule has 1 aliphatic rings. The predicted octanol–water partition coefficient (Wildman–Crippen LogP) is 6.42. The van der Waals surface area contributed by atoms with E-state index in [4.69, 9.17) is 114 Å². The quantitative estimate of drug-likeness (QED) is 0.407. The van der Waals surface area contributed by atoms with Gasteiger partial charge in [0.1, 0.15) is 0 Å². The van der Waals surface area contributed by atoms with E-state index in [2.05, 4.69) is 0 Å². The van der Waals surface area contributed by atoms with Crippen LogP contribution in [0.4, 0.5) is 0 Å². The molecule has 1 rings (SSSR count). The minimum atomic E-state index is -2.26. The van der Waals surface area contributed by atoms with Crippen LogP contribution in [0.5, 0.6) is 0 Å². The lowest BCUT2D eigenvalue weighted by Crippen LogP contribution is -2.56. The van der Waals surface area contributed by atoms with Gasteiger partial charge in [0, 0.05) is 19.4 Å². The highest BCUT2D eigenvalue weighted by atomic mass is 35.6. The van der Waals surface area contributed by atoms with Gasteiger partial charge in [0.25, 0.3) is 0 Å². The van der Waals surface area contributed by atoms with E-state index in [0.717, 1.165) is 12.8 Å². The molecular weight excluding hydrogens is 471 g/mol. The Morgan fingerprint density at radius 1 is 0.905 bits per heavy atom. The van der Waals surface area contributed by atoms with Gasteiger partial charge in [0.15, 0.2) is 19.3 Å². The Labute approximate surface area is 168 Å². The second-order valence-electron chi connectivity index (χ2n) is 4.41. The third-order valence-corrected chi connectivity index (χ3v) is 8.31. The molecule has 11 heteroatoms. The van der Waals surface area contributed by atoms with Crippen LogP contribution >= 0.6 is 104 Å². The summed E-state index contributed by atoms with van der Waals surface area (Å²) in [6.45, 7) is 0.759. The molecule has 1 atom stereocenters. The van der Waals surface area contributed by atoms with Gasteiger partial charge in [0.05, 0.1) is 6.61 Å². The topological polar surface area (TPSA) is 18.5 Å². The van der Waals surface area contributed by atoms with E-state index in [0.29, 0.717) is 6.61 Å². The van der Waals surface area contributed by atoms with Crippen molar-refractivity contribution in [1.82, 2.24) is 0 Å². The number of halogens is 9. The maximum atomic E-state index is 6.14. The van der Waals surface area contributed by atoms with E-state index in [1.165, 1.54) is 0 Å². The molecule has 0 saturated carbocycles. The van der Waals surface area contributed by atoms with E-state index in [1.54, 1.807) is 0 Å². The van der Waals surface area contributed by atoms with Crippen molar-refractivity contribution in [2.24, 2.45) is 0 Å². The predicted molar refractivity (Wildman–Crippen MR) is 93.1 cm³/mol. The average Bonchev–Trinajstić information content (AvgIpc) is 2.79. The largest absolute Gasteiger partial charge is 0.353 e. The Balaban J connectivity index is 2.69. The monoisotopic (exact) mass is 478 g/mol. The smallest absolute Gasteiger partial charge is 0.226 e. The van der Waals surface area contributed by atoms with E-state index in [1.807, 2.05) is 0 Å². The van der Waals surface area contributed by atoms with Crippen LogP contribution in [0.2, 0.25) is 0 Å². The van der Waals surface area contributed by atoms with E-state index >= 15 is 0 Å². The van der Waals surface area contributed by atoms with Gasteiger partial charge in [-0.05, 0) is 6.42 Å². The summed E-state index contributed by atoms with van der Waals surface area (Å²) in [6.07, 6.45) is 1.39. The number of ether oxygens (including phenoxy) is 2. The van der Waals surface area contributed by atoms with E-state index in [-0.39, 0.29) is 19.3 Å². The fourth-order valence-electron chi connectivity index (χ4n) is 1.56. The Morgan fingerprint density at radius 3 is 1.90 bits per heavy atom. The highest BCUT2D eigenvalue weighted by Gasteiger charge is 2.67. The van der Waals surface area contributed by atoms with Crippen LogP contribution in [0.3, 0.4) is 0 Å². The van der Waals surface area contributed by atoms with Crippen molar-refractivity contribution in [2.75, 3.05) is 13.2 Å². The molecule has 1 heterocycles. The summed E-state index contributed by atoms with van der Waals surface area (Å²) in [7, 11) is 0. The number of hydrogen-bond donors (Lipinski definition) is 0. The molecule has 0 aromatic rings. The summed E-state index contributed by atoms with van der Waals surface area (Å²) in [4.78, 5) is 0. The first kappa shape index (κ1) is 21.6. The van der Waals surface area contributed by atoms with Crippen LogP contribution in [-0.2, 0) is 9.47 Å². The number of rotatable bonds is 6. The van der Waals surface area contributed by atoms with Gasteiger partial charge < -0.3 is 9.47 Å². The molecule has 2 nitrogen and oxygen atoms in total. The minimum absolute atomic E-state index is 0.00902. The number of alkyl halides is 9. The average molecular weight is 482 g/mol. The van der Waals surface area contributed by atoms with Crippen LogP contribution in [0.15, 0.2) is 0 Å². The Kier molecular flexibility index (Phi) is 8.04.